The maximum atomic E-state index is 5.41. The van der Waals surface area contributed by atoms with Crippen LogP contribution in [-0.2, 0) is 6.42 Å². The van der Waals surface area contributed by atoms with Crippen molar-refractivity contribution in [3.63, 3.8) is 0 Å². The summed E-state index contributed by atoms with van der Waals surface area (Å²) in [6, 6.07) is 10.1. The van der Waals surface area contributed by atoms with Crippen LogP contribution in [0.1, 0.15) is 27.7 Å². The Hall–Kier alpha value is -3.06. The monoisotopic (exact) mass is 409 g/mol. The Morgan fingerprint density at radius 3 is 2.52 bits per heavy atom. The minimum Gasteiger partial charge on any atom is -0.493 e. The minimum absolute atomic E-state index is 0.728. The van der Waals surface area contributed by atoms with Crippen LogP contribution in [0, 0.1) is 20.8 Å². The van der Waals surface area contributed by atoms with Crippen LogP contribution in [0.3, 0.4) is 0 Å². The number of hydrogen-bond acceptors (Lipinski definition) is 6. The molecule has 0 aliphatic rings. The summed E-state index contributed by atoms with van der Waals surface area (Å²) in [4.78, 5) is 4.88. The number of hydrogen-bond donors (Lipinski definition) is 0. The van der Waals surface area contributed by atoms with Gasteiger partial charge in [-0.15, -0.1) is 11.3 Å². The van der Waals surface area contributed by atoms with Gasteiger partial charge in [0.1, 0.15) is 5.76 Å². The molecule has 1 aromatic carbocycles. The summed E-state index contributed by atoms with van der Waals surface area (Å²) in [5.41, 5.74) is 5.41. The Bertz CT molecular complexity index is 1160. The molecule has 7 heteroatoms. The second-order valence-corrected chi connectivity index (χ2v) is 7.85. The van der Waals surface area contributed by atoms with Crippen molar-refractivity contribution < 1.29 is 14.0 Å². The van der Waals surface area contributed by atoms with Crippen molar-refractivity contribution in [2.75, 3.05) is 14.2 Å². The van der Waals surface area contributed by atoms with E-state index in [0.717, 1.165) is 62.7 Å². The highest BCUT2D eigenvalue weighted by Crippen LogP contribution is 2.32. The van der Waals surface area contributed by atoms with E-state index in [2.05, 4.69) is 35.0 Å². The molecule has 150 valence electrons. The number of rotatable bonds is 6. The van der Waals surface area contributed by atoms with E-state index in [1.54, 1.807) is 25.6 Å². The molecule has 0 fully saturated rings. The van der Waals surface area contributed by atoms with E-state index in [0.29, 0.717) is 0 Å². The first-order valence-corrected chi connectivity index (χ1v) is 10.2. The average molecular weight is 410 g/mol. The molecule has 3 aromatic heterocycles. The zero-order valence-electron chi connectivity index (χ0n) is 17.1. The fourth-order valence-corrected chi connectivity index (χ4v) is 4.34. The van der Waals surface area contributed by atoms with Crippen LogP contribution in [0.2, 0.25) is 0 Å². The summed E-state index contributed by atoms with van der Waals surface area (Å²) in [6.07, 6.45) is 0.742. The third-order valence-electron chi connectivity index (χ3n) is 4.91. The second kappa shape index (κ2) is 7.75. The summed E-state index contributed by atoms with van der Waals surface area (Å²) < 4.78 is 18.1. The van der Waals surface area contributed by atoms with E-state index in [4.69, 9.17) is 19.0 Å². The molecule has 0 radical (unpaired) electrons. The van der Waals surface area contributed by atoms with E-state index < -0.39 is 0 Å². The van der Waals surface area contributed by atoms with Gasteiger partial charge in [0.05, 0.1) is 24.9 Å². The Morgan fingerprint density at radius 1 is 1.03 bits per heavy atom. The van der Waals surface area contributed by atoms with Gasteiger partial charge in [0.2, 0.25) is 0 Å². The molecule has 0 atom stereocenters. The number of ether oxygens (including phenoxy) is 2. The molecule has 4 aromatic rings. The average Bonchev–Trinajstić information content (AvgIpc) is 3.41. The van der Waals surface area contributed by atoms with Crippen molar-refractivity contribution in [2.45, 2.75) is 27.2 Å². The summed E-state index contributed by atoms with van der Waals surface area (Å²) in [5, 5.41) is 7.31. The van der Waals surface area contributed by atoms with Crippen LogP contribution in [0.5, 0.6) is 11.5 Å². The molecule has 0 saturated carbocycles. The Kier molecular flexibility index (Phi) is 5.15. The summed E-state index contributed by atoms with van der Waals surface area (Å²) in [6.45, 7) is 6.05. The van der Waals surface area contributed by atoms with Gasteiger partial charge in [-0.3, -0.25) is 4.57 Å². The SMILES string of the molecule is COc1ccc(Cc2nc(-c3cc(C)n(-c4cc(C)on4)c3C)cs2)cc1OC. The molecule has 0 N–H and O–H groups in total. The molecule has 0 saturated heterocycles. The maximum absolute atomic E-state index is 5.41. The molecule has 0 amide bonds. The quantitative estimate of drug-likeness (QED) is 0.442. The standard InChI is InChI=1S/C22H23N3O3S/c1-13-8-17(15(3)25(13)21-9-14(2)28-24-21)18-12-29-22(23-18)11-16-6-7-19(26-4)20(10-16)27-5/h6-10,12H,11H2,1-5H3. The fraction of sp³-hybridized carbons (Fsp3) is 0.273. The number of aryl methyl sites for hydroxylation is 2. The van der Waals surface area contributed by atoms with Crippen LogP contribution in [-0.4, -0.2) is 28.9 Å². The maximum Gasteiger partial charge on any atom is 0.180 e. The number of methoxy groups -OCH3 is 2. The molecule has 0 bridgehead atoms. The summed E-state index contributed by atoms with van der Waals surface area (Å²) in [5.74, 6) is 3.05. The minimum atomic E-state index is 0.728. The van der Waals surface area contributed by atoms with Crippen molar-refractivity contribution in [1.29, 1.82) is 0 Å². The smallest absolute Gasteiger partial charge is 0.180 e. The highest BCUT2D eigenvalue weighted by atomic mass is 32.1. The first-order chi connectivity index (χ1) is 14.0. The lowest BCUT2D eigenvalue weighted by Gasteiger charge is -2.08. The van der Waals surface area contributed by atoms with Gasteiger partial charge in [-0.25, -0.2) is 4.98 Å². The molecule has 0 aliphatic heterocycles. The molecule has 6 nitrogen and oxygen atoms in total. The van der Waals surface area contributed by atoms with Crippen LogP contribution >= 0.6 is 11.3 Å². The van der Waals surface area contributed by atoms with Crippen LogP contribution < -0.4 is 9.47 Å². The first kappa shape index (κ1) is 19.3. The van der Waals surface area contributed by atoms with E-state index in [-0.39, 0.29) is 0 Å². The van der Waals surface area contributed by atoms with E-state index in [9.17, 15) is 0 Å². The fourth-order valence-electron chi connectivity index (χ4n) is 3.51. The van der Waals surface area contributed by atoms with Gasteiger partial charge in [0, 0.05) is 34.8 Å². The summed E-state index contributed by atoms with van der Waals surface area (Å²) >= 11 is 1.66. The van der Waals surface area contributed by atoms with Gasteiger partial charge in [-0.1, -0.05) is 11.2 Å². The van der Waals surface area contributed by atoms with Crippen molar-refractivity contribution in [1.82, 2.24) is 14.7 Å². The molecular formula is C22H23N3O3S. The van der Waals surface area contributed by atoms with E-state index in [1.807, 2.05) is 31.2 Å². The first-order valence-electron chi connectivity index (χ1n) is 9.28. The largest absolute Gasteiger partial charge is 0.493 e. The summed E-state index contributed by atoms with van der Waals surface area (Å²) in [7, 11) is 3.29. The van der Waals surface area contributed by atoms with Gasteiger partial charge in [-0.2, -0.15) is 0 Å². The lowest BCUT2D eigenvalue weighted by molar-refractivity contribution is 0.354. The third kappa shape index (κ3) is 3.65. The Balaban J connectivity index is 1.62. The zero-order chi connectivity index (χ0) is 20.5. The second-order valence-electron chi connectivity index (χ2n) is 6.91. The van der Waals surface area contributed by atoms with Crippen molar-refractivity contribution in [3.8, 4) is 28.6 Å². The third-order valence-corrected chi connectivity index (χ3v) is 5.76. The van der Waals surface area contributed by atoms with Crippen molar-refractivity contribution in [3.05, 3.63) is 63.4 Å². The number of aromatic nitrogens is 3. The molecule has 0 spiro atoms. The van der Waals surface area contributed by atoms with Gasteiger partial charge in [-0.05, 0) is 44.5 Å². The van der Waals surface area contributed by atoms with Crippen LogP contribution in [0.15, 0.2) is 40.2 Å². The number of nitrogens with zero attached hydrogens (tertiary/aromatic N) is 3. The normalized spacial score (nSPS) is 11.1. The molecule has 0 aliphatic carbocycles. The molecule has 3 heterocycles. The highest BCUT2D eigenvalue weighted by molar-refractivity contribution is 7.10. The molecular weight excluding hydrogens is 386 g/mol. The van der Waals surface area contributed by atoms with E-state index >= 15 is 0 Å². The van der Waals surface area contributed by atoms with Gasteiger partial charge in [0.15, 0.2) is 17.3 Å². The number of thiazole rings is 1. The topological polar surface area (TPSA) is 62.3 Å². The predicted octanol–water partition coefficient (Wildman–Crippen LogP) is 5.12. The van der Waals surface area contributed by atoms with Crippen LogP contribution in [0.4, 0.5) is 0 Å². The van der Waals surface area contributed by atoms with Crippen molar-refractivity contribution >= 4 is 11.3 Å². The molecule has 29 heavy (non-hydrogen) atoms. The Labute approximate surface area is 173 Å². The molecule has 4 rings (SSSR count). The van der Waals surface area contributed by atoms with Crippen LogP contribution in [0.25, 0.3) is 17.1 Å². The molecule has 0 unspecified atom stereocenters. The number of benzene rings is 1. The van der Waals surface area contributed by atoms with E-state index in [1.165, 1.54) is 0 Å². The van der Waals surface area contributed by atoms with Crippen molar-refractivity contribution in [2.24, 2.45) is 0 Å². The highest BCUT2D eigenvalue weighted by Gasteiger charge is 2.17. The van der Waals surface area contributed by atoms with Gasteiger partial charge in [0.25, 0.3) is 0 Å². The lowest BCUT2D eigenvalue weighted by Crippen LogP contribution is -1.99. The van der Waals surface area contributed by atoms with Gasteiger partial charge >= 0.3 is 0 Å². The van der Waals surface area contributed by atoms with Gasteiger partial charge < -0.3 is 14.0 Å². The lowest BCUT2D eigenvalue weighted by atomic mass is 10.1. The Morgan fingerprint density at radius 2 is 1.83 bits per heavy atom. The predicted molar refractivity (Wildman–Crippen MR) is 114 cm³/mol. The zero-order valence-corrected chi connectivity index (χ0v) is 18.0.